The molecule has 4 rings (SSSR count). The molecule has 33 heavy (non-hydrogen) atoms. The maximum absolute atomic E-state index is 13.4. The normalized spacial score (nSPS) is 12.2. The molecule has 0 aliphatic carbocycles. The van der Waals surface area contributed by atoms with Gasteiger partial charge in [0.2, 0.25) is 0 Å². The van der Waals surface area contributed by atoms with Gasteiger partial charge in [-0.2, -0.15) is 18.3 Å². The van der Waals surface area contributed by atoms with E-state index in [2.05, 4.69) is 25.1 Å². The van der Waals surface area contributed by atoms with Gasteiger partial charge < -0.3 is 5.32 Å². The van der Waals surface area contributed by atoms with Gasteiger partial charge in [-0.1, -0.05) is 11.6 Å². The highest BCUT2D eigenvalue weighted by atomic mass is 35.5. The molecule has 3 heterocycles. The number of alkyl halides is 3. The second-order valence-corrected chi connectivity index (χ2v) is 9.55. The Morgan fingerprint density at radius 1 is 1.21 bits per heavy atom. The Bertz CT molecular complexity index is 1450. The van der Waals surface area contributed by atoms with Crippen LogP contribution in [0.25, 0.3) is 5.65 Å². The number of nitrogens with zero attached hydrogens (tertiary/aromatic N) is 4. The number of anilines is 2. The van der Waals surface area contributed by atoms with Crippen molar-refractivity contribution in [3.63, 3.8) is 0 Å². The third-order valence-electron chi connectivity index (χ3n) is 4.24. The van der Waals surface area contributed by atoms with Gasteiger partial charge in [0.15, 0.2) is 16.5 Å². The van der Waals surface area contributed by atoms with Crippen molar-refractivity contribution in [2.45, 2.75) is 18.0 Å². The summed E-state index contributed by atoms with van der Waals surface area (Å²) in [5, 5.41) is 7.56. The van der Waals surface area contributed by atoms with Gasteiger partial charge in [0.25, 0.3) is 15.9 Å². The topological polar surface area (TPSA) is 118 Å². The van der Waals surface area contributed by atoms with Crippen LogP contribution < -0.4 is 10.0 Å². The van der Waals surface area contributed by atoms with E-state index in [4.69, 9.17) is 11.6 Å². The number of benzene rings is 1. The molecule has 0 saturated carbocycles. The van der Waals surface area contributed by atoms with Crippen LogP contribution in [0.5, 0.6) is 0 Å². The molecule has 0 unspecified atom stereocenters. The summed E-state index contributed by atoms with van der Waals surface area (Å²) >= 11 is 7.20. The summed E-state index contributed by atoms with van der Waals surface area (Å²) in [6.07, 6.45) is -3.30. The lowest BCUT2D eigenvalue weighted by Crippen LogP contribution is -2.16. The van der Waals surface area contributed by atoms with Gasteiger partial charge in [-0.05, 0) is 37.3 Å². The summed E-state index contributed by atoms with van der Waals surface area (Å²) in [7, 11) is -3.89. The van der Waals surface area contributed by atoms with Crippen molar-refractivity contribution in [2.75, 3.05) is 10.0 Å². The van der Waals surface area contributed by atoms with E-state index in [1.807, 2.05) is 0 Å². The summed E-state index contributed by atoms with van der Waals surface area (Å²) in [6.45, 7) is 1.36. The zero-order valence-corrected chi connectivity index (χ0v) is 18.8. The summed E-state index contributed by atoms with van der Waals surface area (Å²) in [5.41, 5.74) is -1.70. The minimum atomic E-state index is -4.75. The van der Waals surface area contributed by atoms with Crippen molar-refractivity contribution in [3.8, 4) is 0 Å². The minimum Gasteiger partial charge on any atom is -0.321 e. The van der Waals surface area contributed by atoms with E-state index in [1.54, 1.807) is 5.38 Å². The Labute approximate surface area is 193 Å². The third kappa shape index (κ3) is 4.62. The average Bonchev–Trinajstić information content (AvgIpc) is 3.35. The number of carbonyl (C=O) groups is 1. The molecule has 2 N–H and O–H groups in total. The number of sulfonamides is 1. The van der Waals surface area contributed by atoms with Crippen LogP contribution in [0.1, 0.15) is 21.9 Å². The van der Waals surface area contributed by atoms with E-state index in [0.717, 1.165) is 17.4 Å². The van der Waals surface area contributed by atoms with Crippen molar-refractivity contribution in [1.82, 2.24) is 19.6 Å². The highest BCUT2D eigenvalue weighted by Gasteiger charge is 2.36. The Morgan fingerprint density at radius 2 is 1.91 bits per heavy atom. The van der Waals surface area contributed by atoms with Gasteiger partial charge in [-0.3, -0.25) is 9.52 Å². The van der Waals surface area contributed by atoms with E-state index in [0.29, 0.717) is 4.52 Å². The number of fused-ring (bicyclic) bond motifs is 1. The predicted molar refractivity (Wildman–Crippen MR) is 115 cm³/mol. The lowest BCUT2D eigenvalue weighted by atomic mass is 10.3. The van der Waals surface area contributed by atoms with Crippen LogP contribution in [0.3, 0.4) is 0 Å². The third-order valence-corrected chi connectivity index (χ3v) is 6.76. The van der Waals surface area contributed by atoms with E-state index >= 15 is 0 Å². The largest absolute Gasteiger partial charge is 0.433 e. The smallest absolute Gasteiger partial charge is 0.321 e. The second kappa shape index (κ2) is 8.28. The molecule has 172 valence electrons. The molecule has 0 saturated heterocycles. The number of thiazole rings is 1. The number of hydrogen-bond acceptors (Lipinski definition) is 7. The average molecular weight is 517 g/mol. The maximum atomic E-state index is 13.4. The molecule has 1 aromatic carbocycles. The van der Waals surface area contributed by atoms with Gasteiger partial charge in [-0.25, -0.2) is 22.9 Å². The fourth-order valence-corrected chi connectivity index (χ4v) is 4.85. The van der Waals surface area contributed by atoms with Gasteiger partial charge >= 0.3 is 6.18 Å². The highest BCUT2D eigenvalue weighted by Crippen LogP contribution is 2.32. The molecule has 0 bridgehead atoms. The molecule has 15 heteroatoms. The van der Waals surface area contributed by atoms with Gasteiger partial charge in [0.1, 0.15) is 10.7 Å². The van der Waals surface area contributed by atoms with Crippen LogP contribution >= 0.6 is 22.9 Å². The molecule has 0 fully saturated rings. The zero-order chi connectivity index (χ0) is 24.0. The van der Waals surface area contributed by atoms with Crippen LogP contribution in [0.2, 0.25) is 5.02 Å². The molecule has 0 atom stereocenters. The summed E-state index contributed by atoms with van der Waals surface area (Å²) < 4.78 is 67.6. The summed E-state index contributed by atoms with van der Waals surface area (Å²) in [6, 6.07) is 5.88. The Kier molecular flexibility index (Phi) is 5.76. The van der Waals surface area contributed by atoms with Crippen molar-refractivity contribution >= 4 is 55.3 Å². The van der Waals surface area contributed by atoms with Crippen LogP contribution in [-0.2, 0) is 16.2 Å². The van der Waals surface area contributed by atoms with Gasteiger partial charge in [0, 0.05) is 23.0 Å². The SMILES string of the molecule is Cc1cc(C(F)(F)F)n2nc(C(=O)Nc3ccc(S(=O)(=O)Nc4nccs4)cc3)c(Cl)c2n1. The molecular weight excluding hydrogens is 505 g/mol. The Morgan fingerprint density at radius 3 is 2.52 bits per heavy atom. The quantitative estimate of drug-likeness (QED) is 0.410. The van der Waals surface area contributed by atoms with Gasteiger partial charge in [0.05, 0.1) is 4.90 Å². The number of amides is 1. The zero-order valence-electron chi connectivity index (χ0n) is 16.4. The first kappa shape index (κ1) is 22.9. The number of aryl methyl sites for hydroxylation is 1. The second-order valence-electron chi connectivity index (χ2n) is 6.60. The number of nitrogens with one attached hydrogen (secondary N) is 2. The van der Waals surface area contributed by atoms with Crippen molar-refractivity contribution < 1.29 is 26.4 Å². The first-order valence-electron chi connectivity index (χ1n) is 8.92. The molecule has 0 spiro atoms. The molecule has 9 nitrogen and oxygen atoms in total. The molecule has 0 radical (unpaired) electrons. The number of aromatic nitrogens is 4. The molecule has 0 aliphatic heterocycles. The summed E-state index contributed by atoms with van der Waals surface area (Å²) in [4.78, 5) is 20.3. The van der Waals surface area contributed by atoms with E-state index < -0.39 is 33.5 Å². The van der Waals surface area contributed by atoms with Crippen LogP contribution in [0.15, 0.2) is 46.8 Å². The van der Waals surface area contributed by atoms with Crippen LogP contribution in [0.4, 0.5) is 24.0 Å². The monoisotopic (exact) mass is 516 g/mol. The molecule has 1 amide bonds. The number of rotatable bonds is 5. The van der Waals surface area contributed by atoms with E-state index in [1.165, 1.54) is 37.4 Å². The van der Waals surface area contributed by atoms with E-state index in [-0.39, 0.29) is 32.1 Å². The van der Waals surface area contributed by atoms with Crippen LogP contribution in [0, 0.1) is 6.92 Å². The maximum Gasteiger partial charge on any atom is 0.433 e. The predicted octanol–water partition coefficient (Wildman–Crippen LogP) is 4.22. The minimum absolute atomic E-state index is 0.0479. The fraction of sp³-hybridized carbons (Fsp3) is 0.111. The lowest BCUT2D eigenvalue weighted by Gasteiger charge is -2.09. The van der Waals surface area contributed by atoms with Crippen molar-refractivity contribution in [3.05, 3.63) is 64.0 Å². The molecule has 3 aromatic heterocycles. The van der Waals surface area contributed by atoms with E-state index in [9.17, 15) is 26.4 Å². The number of carbonyl (C=O) groups excluding carboxylic acids is 1. The number of hydrogen-bond donors (Lipinski definition) is 2. The van der Waals surface area contributed by atoms with Crippen molar-refractivity contribution in [2.24, 2.45) is 0 Å². The Hall–Kier alpha value is -3.23. The molecule has 0 aliphatic rings. The lowest BCUT2D eigenvalue weighted by molar-refractivity contribution is -0.142. The standard InChI is InChI=1S/C18H12ClF3N6O3S2/c1-9-8-12(18(20,21)22)28-15(24-9)13(19)14(26-28)16(29)25-10-2-4-11(5-3-10)33(30,31)27-17-23-6-7-32-17/h2-8H,1H3,(H,23,27)(H,25,29). The number of halogens is 4. The van der Waals surface area contributed by atoms with Crippen molar-refractivity contribution in [1.29, 1.82) is 0 Å². The van der Waals surface area contributed by atoms with Gasteiger partial charge in [-0.15, -0.1) is 11.3 Å². The molecular formula is C18H12ClF3N6O3S2. The van der Waals surface area contributed by atoms with Crippen LogP contribution in [-0.4, -0.2) is 33.9 Å². The first-order valence-corrected chi connectivity index (χ1v) is 11.7. The molecule has 4 aromatic rings. The highest BCUT2D eigenvalue weighted by molar-refractivity contribution is 7.93. The Balaban J connectivity index is 1.59. The summed E-state index contributed by atoms with van der Waals surface area (Å²) in [5.74, 6) is -0.896. The fourth-order valence-electron chi connectivity index (χ4n) is 2.82. The first-order chi connectivity index (χ1) is 15.5.